The van der Waals surface area contributed by atoms with Gasteiger partial charge in [-0.3, -0.25) is 9.48 Å². The zero-order valence-corrected chi connectivity index (χ0v) is 13.6. The van der Waals surface area contributed by atoms with E-state index in [0.29, 0.717) is 17.3 Å². The third-order valence-electron chi connectivity index (χ3n) is 3.88. The summed E-state index contributed by atoms with van der Waals surface area (Å²) in [4.78, 5) is 16.7. The van der Waals surface area contributed by atoms with Gasteiger partial charge in [-0.2, -0.15) is 5.10 Å². The minimum absolute atomic E-state index is 0.234. The first-order valence-corrected chi connectivity index (χ1v) is 8.04. The maximum Gasteiger partial charge on any atom is 0.276 e. The molecule has 0 saturated carbocycles. The molecule has 124 valence electrons. The highest BCUT2D eigenvalue weighted by atomic mass is 16.3. The number of nitrogens with one attached hydrogen (secondary N) is 1. The molecule has 0 aliphatic heterocycles. The molecule has 2 aromatic carbocycles. The van der Waals surface area contributed by atoms with Crippen molar-refractivity contribution in [2.75, 3.05) is 5.32 Å². The van der Waals surface area contributed by atoms with Gasteiger partial charge in [-0.1, -0.05) is 12.1 Å². The van der Waals surface area contributed by atoms with Crippen LogP contribution in [0.4, 0.5) is 5.69 Å². The van der Waals surface area contributed by atoms with Crippen LogP contribution in [0.5, 0.6) is 0 Å². The zero-order valence-electron chi connectivity index (χ0n) is 13.6. The summed E-state index contributed by atoms with van der Waals surface area (Å²) in [5.74, 6) is 0.322. The summed E-state index contributed by atoms with van der Waals surface area (Å²) in [7, 11) is 0. The molecule has 0 radical (unpaired) electrons. The standard InChI is InChI=1S/C19H16N4O2/c1-2-23-12-11-16(22-23)18(24)20-14-9-7-13(8-10-14)19-21-15-5-3-4-6-17(15)25-19/h3-12H,2H2,1H3,(H,20,24). The molecule has 4 rings (SSSR count). The van der Waals surface area contributed by atoms with Gasteiger partial charge in [0.2, 0.25) is 5.89 Å². The minimum atomic E-state index is -0.234. The summed E-state index contributed by atoms with van der Waals surface area (Å²) >= 11 is 0. The van der Waals surface area contributed by atoms with Crippen molar-refractivity contribution in [1.29, 1.82) is 0 Å². The monoisotopic (exact) mass is 332 g/mol. The number of carbonyl (C=O) groups is 1. The molecule has 2 aromatic heterocycles. The normalized spacial score (nSPS) is 10.9. The van der Waals surface area contributed by atoms with Crippen LogP contribution in [0.2, 0.25) is 0 Å². The molecule has 6 heteroatoms. The van der Waals surface area contributed by atoms with Crippen LogP contribution in [0.15, 0.2) is 65.2 Å². The van der Waals surface area contributed by atoms with E-state index in [0.717, 1.165) is 23.2 Å². The molecule has 0 unspecified atom stereocenters. The number of anilines is 1. The number of aromatic nitrogens is 3. The number of para-hydroxylation sites is 2. The topological polar surface area (TPSA) is 73.0 Å². The van der Waals surface area contributed by atoms with E-state index >= 15 is 0 Å². The fourth-order valence-electron chi connectivity index (χ4n) is 2.55. The highest BCUT2D eigenvalue weighted by molar-refractivity contribution is 6.02. The molecule has 0 spiro atoms. The Kier molecular flexibility index (Phi) is 3.78. The molecular formula is C19H16N4O2. The van der Waals surface area contributed by atoms with Gasteiger partial charge >= 0.3 is 0 Å². The number of aryl methyl sites for hydroxylation is 1. The number of carbonyl (C=O) groups excluding carboxylic acids is 1. The van der Waals surface area contributed by atoms with Crippen molar-refractivity contribution >= 4 is 22.7 Å². The van der Waals surface area contributed by atoms with Crippen molar-refractivity contribution in [3.05, 3.63) is 66.5 Å². The predicted molar refractivity (Wildman–Crippen MR) is 95.3 cm³/mol. The minimum Gasteiger partial charge on any atom is -0.436 e. The van der Waals surface area contributed by atoms with E-state index in [-0.39, 0.29) is 5.91 Å². The molecule has 25 heavy (non-hydrogen) atoms. The van der Waals surface area contributed by atoms with E-state index in [9.17, 15) is 4.79 Å². The molecule has 0 aliphatic rings. The van der Waals surface area contributed by atoms with Crippen LogP contribution in [0.3, 0.4) is 0 Å². The Morgan fingerprint density at radius 3 is 2.64 bits per heavy atom. The Labute approximate surface area is 144 Å². The maximum absolute atomic E-state index is 12.2. The molecule has 4 aromatic rings. The van der Waals surface area contributed by atoms with Crippen LogP contribution in [0.25, 0.3) is 22.6 Å². The lowest BCUT2D eigenvalue weighted by Gasteiger charge is -2.04. The first kappa shape index (κ1) is 15.1. The van der Waals surface area contributed by atoms with Crippen LogP contribution < -0.4 is 5.32 Å². The molecule has 0 saturated heterocycles. The quantitative estimate of drug-likeness (QED) is 0.614. The summed E-state index contributed by atoms with van der Waals surface area (Å²) in [6.45, 7) is 2.70. The van der Waals surface area contributed by atoms with Gasteiger partial charge in [-0.05, 0) is 49.4 Å². The number of amides is 1. The van der Waals surface area contributed by atoms with Gasteiger partial charge in [0.1, 0.15) is 5.52 Å². The van der Waals surface area contributed by atoms with Crippen LogP contribution in [0.1, 0.15) is 17.4 Å². The van der Waals surface area contributed by atoms with E-state index < -0.39 is 0 Å². The van der Waals surface area contributed by atoms with E-state index in [4.69, 9.17) is 4.42 Å². The SMILES string of the molecule is CCn1ccc(C(=O)Nc2ccc(-c3nc4ccccc4o3)cc2)n1. The molecule has 0 aliphatic carbocycles. The van der Waals surface area contributed by atoms with E-state index in [1.54, 1.807) is 16.9 Å². The summed E-state index contributed by atoms with van der Waals surface area (Å²) < 4.78 is 7.46. The Morgan fingerprint density at radius 1 is 1.12 bits per heavy atom. The number of rotatable bonds is 4. The van der Waals surface area contributed by atoms with Gasteiger partial charge in [0.25, 0.3) is 5.91 Å². The summed E-state index contributed by atoms with van der Waals surface area (Å²) in [5, 5.41) is 7.03. The van der Waals surface area contributed by atoms with Gasteiger partial charge in [0, 0.05) is 24.0 Å². The molecule has 1 amide bonds. The second-order valence-corrected chi connectivity index (χ2v) is 5.57. The number of fused-ring (bicyclic) bond motifs is 1. The summed E-state index contributed by atoms with van der Waals surface area (Å²) in [5.41, 5.74) is 3.51. The summed E-state index contributed by atoms with van der Waals surface area (Å²) in [6.07, 6.45) is 1.78. The van der Waals surface area contributed by atoms with E-state index in [1.165, 1.54) is 0 Å². The molecule has 1 N–H and O–H groups in total. The van der Waals surface area contributed by atoms with Crippen LogP contribution in [-0.2, 0) is 6.54 Å². The van der Waals surface area contributed by atoms with Crippen molar-refractivity contribution in [2.24, 2.45) is 0 Å². The molecule has 6 nitrogen and oxygen atoms in total. The van der Waals surface area contributed by atoms with Crippen molar-refractivity contribution in [1.82, 2.24) is 14.8 Å². The Bertz CT molecular complexity index is 998. The second-order valence-electron chi connectivity index (χ2n) is 5.57. The van der Waals surface area contributed by atoms with Crippen LogP contribution in [0, 0.1) is 0 Å². The molecule has 0 atom stereocenters. The predicted octanol–water partition coefficient (Wildman–Crippen LogP) is 3.96. The lowest BCUT2D eigenvalue weighted by atomic mass is 10.2. The van der Waals surface area contributed by atoms with Gasteiger partial charge < -0.3 is 9.73 Å². The third-order valence-corrected chi connectivity index (χ3v) is 3.88. The number of hydrogen-bond acceptors (Lipinski definition) is 4. The number of benzene rings is 2. The lowest BCUT2D eigenvalue weighted by molar-refractivity contribution is 0.102. The Balaban J connectivity index is 1.52. The fraction of sp³-hybridized carbons (Fsp3) is 0.105. The van der Waals surface area contributed by atoms with Crippen molar-refractivity contribution in [3.63, 3.8) is 0 Å². The fourth-order valence-corrected chi connectivity index (χ4v) is 2.55. The third kappa shape index (κ3) is 3.01. The zero-order chi connectivity index (χ0) is 17.2. The molecule has 2 heterocycles. The van der Waals surface area contributed by atoms with Gasteiger partial charge in [-0.25, -0.2) is 4.98 Å². The average Bonchev–Trinajstić information content (AvgIpc) is 3.29. The molecule has 0 fully saturated rings. The highest BCUT2D eigenvalue weighted by Gasteiger charge is 2.11. The molecule has 0 bridgehead atoms. The number of oxazole rings is 1. The summed E-state index contributed by atoms with van der Waals surface area (Å²) in [6, 6.07) is 16.7. The van der Waals surface area contributed by atoms with Crippen LogP contribution in [-0.4, -0.2) is 20.7 Å². The van der Waals surface area contributed by atoms with Crippen molar-refractivity contribution < 1.29 is 9.21 Å². The number of hydrogen-bond donors (Lipinski definition) is 1. The smallest absolute Gasteiger partial charge is 0.276 e. The van der Waals surface area contributed by atoms with Gasteiger partial charge in [0.15, 0.2) is 11.3 Å². The van der Waals surface area contributed by atoms with Gasteiger partial charge in [0.05, 0.1) is 0 Å². The number of nitrogens with zero attached hydrogens (tertiary/aromatic N) is 3. The maximum atomic E-state index is 12.2. The van der Waals surface area contributed by atoms with Crippen molar-refractivity contribution in [2.45, 2.75) is 13.5 Å². The average molecular weight is 332 g/mol. The second kappa shape index (κ2) is 6.24. The van der Waals surface area contributed by atoms with Crippen molar-refractivity contribution in [3.8, 4) is 11.5 Å². The van der Waals surface area contributed by atoms with E-state index in [1.807, 2.05) is 55.5 Å². The largest absolute Gasteiger partial charge is 0.436 e. The highest BCUT2D eigenvalue weighted by Crippen LogP contribution is 2.25. The lowest BCUT2D eigenvalue weighted by Crippen LogP contribution is -2.13. The van der Waals surface area contributed by atoms with Gasteiger partial charge in [-0.15, -0.1) is 0 Å². The first-order valence-electron chi connectivity index (χ1n) is 8.04. The first-order chi connectivity index (χ1) is 12.2. The molecular weight excluding hydrogens is 316 g/mol. The Morgan fingerprint density at radius 2 is 1.92 bits per heavy atom. The van der Waals surface area contributed by atoms with E-state index in [2.05, 4.69) is 15.4 Å². The van der Waals surface area contributed by atoms with Crippen LogP contribution >= 0.6 is 0 Å². The Hall–Kier alpha value is -3.41.